The molecule has 0 radical (unpaired) electrons. The lowest BCUT2D eigenvalue weighted by Crippen LogP contribution is -2.28. The predicted molar refractivity (Wildman–Crippen MR) is 80.9 cm³/mol. The van der Waals surface area contributed by atoms with Crippen molar-refractivity contribution in [2.24, 2.45) is 0 Å². The summed E-state index contributed by atoms with van der Waals surface area (Å²) in [5.74, 6) is 0.493. The zero-order valence-electron chi connectivity index (χ0n) is 10.6. The predicted octanol–water partition coefficient (Wildman–Crippen LogP) is 3.21. The highest BCUT2D eigenvalue weighted by Gasteiger charge is 2.06. The van der Waals surface area contributed by atoms with Crippen LogP contribution in [0.5, 0.6) is 5.75 Å². The lowest BCUT2D eigenvalue weighted by atomic mass is 10.3. The SMILES string of the molecule is O=C(NCCOc1ccc(Cl)cc1)c1ccc[nH]c1=S. The van der Waals surface area contributed by atoms with E-state index >= 15 is 0 Å². The van der Waals surface area contributed by atoms with Gasteiger partial charge in [-0.05, 0) is 36.4 Å². The van der Waals surface area contributed by atoms with E-state index < -0.39 is 0 Å². The summed E-state index contributed by atoms with van der Waals surface area (Å²) >= 11 is 10.8. The van der Waals surface area contributed by atoms with E-state index in [0.29, 0.717) is 34.1 Å². The number of aromatic nitrogens is 1. The molecule has 2 N–H and O–H groups in total. The third-order valence-electron chi connectivity index (χ3n) is 2.53. The number of rotatable bonds is 5. The molecule has 0 fully saturated rings. The number of nitrogens with one attached hydrogen (secondary N) is 2. The van der Waals surface area contributed by atoms with Crippen molar-refractivity contribution in [3.8, 4) is 5.75 Å². The molecule has 0 saturated carbocycles. The zero-order valence-corrected chi connectivity index (χ0v) is 12.1. The summed E-state index contributed by atoms with van der Waals surface area (Å²) in [5, 5.41) is 3.40. The first-order valence-electron chi connectivity index (χ1n) is 6.01. The Balaban J connectivity index is 1.79. The van der Waals surface area contributed by atoms with Crippen molar-refractivity contribution in [2.75, 3.05) is 13.2 Å². The number of benzene rings is 1. The molecule has 1 aromatic carbocycles. The van der Waals surface area contributed by atoms with Crippen molar-refractivity contribution < 1.29 is 9.53 Å². The topological polar surface area (TPSA) is 54.1 Å². The zero-order chi connectivity index (χ0) is 14.4. The summed E-state index contributed by atoms with van der Waals surface area (Å²) in [7, 11) is 0. The monoisotopic (exact) mass is 308 g/mol. The fourth-order valence-electron chi connectivity index (χ4n) is 1.56. The second-order valence-electron chi connectivity index (χ2n) is 3.97. The van der Waals surface area contributed by atoms with Gasteiger partial charge < -0.3 is 15.0 Å². The summed E-state index contributed by atoms with van der Waals surface area (Å²) in [4.78, 5) is 14.7. The molecular weight excluding hydrogens is 296 g/mol. The number of ether oxygens (including phenoxy) is 1. The van der Waals surface area contributed by atoms with Crippen molar-refractivity contribution in [3.05, 3.63) is 57.8 Å². The normalized spacial score (nSPS) is 10.1. The van der Waals surface area contributed by atoms with E-state index in [1.165, 1.54) is 0 Å². The molecule has 2 rings (SSSR count). The molecule has 4 nitrogen and oxygen atoms in total. The molecule has 20 heavy (non-hydrogen) atoms. The van der Waals surface area contributed by atoms with Crippen molar-refractivity contribution in [1.82, 2.24) is 10.3 Å². The number of hydrogen-bond donors (Lipinski definition) is 2. The van der Waals surface area contributed by atoms with E-state index in [1.54, 1.807) is 42.6 Å². The number of carbonyl (C=O) groups excluding carboxylic acids is 1. The molecular formula is C14H13ClN2O2S. The Hall–Kier alpha value is -1.85. The first-order chi connectivity index (χ1) is 9.66. The van der Waals surface area contributed by atoms with E-state index in [9.17, 15) is 4.79 Å². The minimum absolute atomic E-state index is 0.216. The summed E-state index contributed by atoms with van der Waals surface area (Å²) in [6, 6.07) is 10.5. The molecule has 0 atom stereocenters. The molecule has 2 aromatic rings. The first kappa shape index (κ1) is 14.6. The fourth-order valence-corrected chi connectivity index (χ4v) is 1.91. The molecule has 0 aliphatic carbocycles. The van der Waals surface area contributed by atoms with Gasteiger partial charge in [-0.2, -0.15) is 0 Å². The number of pyridine rings is 1. The van der Waals surface area contributed by atoms with Crippen LogP contribution in [0.15, 0.2) is 42.6 Å². The Morgan fingerprint density at radius 2 is 2.05 bits per heavy atom. The Kier molecular flexibility index (Phi) is 5.15. The van der Waals surface area contributed by atoms with Crippen LogP contribution in [0.1, 0.15) is 10.4 Å². The summed E-state index contributed by atoms with van der Waals surface area (Å²) < 4.78 is 5.89. The molecule has 1 aromatic heterocycles. The molecule has 1 amide bonds. The smallest absolute Gasteiger partial charge is 0.254 e. The summed E-state index contributed by atoms with van der Waals surface area (Å²) in [6.07, 6.45) is 1.68. The highest BCUT2D eigenvalue weighted by Crippen LogP contribution is 2.15. The van der Waals surface area contributed by atoms with Crippen LogP contribution in [-0.2, 0) is 0 Å². The maximum absolute atomic E-state index is 11.9. The standard InChI is InChI=1S/C14H13ClN2O2S/c15-10-3-5-11(6-4-10)19-9-8-16-13(18)12-2-1-7-17-14(12)20/h1-7H,8-9H2,(H,16,18)(H,17,20). The van der Waals surface area contributed by atoms with E-state index in [-0.39, 0.29) is 5.91 Å². The van der Waals surface area contributed by atoms with E-state index in [0.717, 1.165) is 0 Å². The number of aromatic amines is 1. The van der Waals surface area contributed by atoms with Crippen LogP contribution in [0.3, 0.4) is 0 Å². The lowest BCUT2D eigenvalue weighted by Gasteiger charge is -2.07. The van der Waals surface area contributed by atoms with Gasteiger partial charge in [0.1, 0.15) is 17.0 Å². The number of hydrogen-bond acceptors (Lipinski definition) is 3. The van der Waals surface area contributed by atoms with Crippen molar-refractivity contribution in [1.29, 1.82) is 0 Å². The molecule has 0 aliphatic heterocycles. The average molecular weight is 309 g/mol. The molecule has 0 unspecified atom stereocenters. The van der Waals surface area contributed by atoms with Crippen molar-refractivity contribution in [3.63, 3.8) is 0 Å². The molecule has 0 spiro atoms. The fraction of sp³-hybridized carbons (Fsp3) is 0.143. The van der Waals surface area contributed by atoms with Crippen LogP contribution in [-0.4, -0.2) is 24.0 Å². The second-order valence-corrected chi connectivity index (χ2v) is 4.82. The molecule has 1 heterocycles. The molecule has 6 heteroatoms. The Bertz CT molecular complexity index is 640. The minimum atomic E-state index is -0.216. The van der Waals surface area contributed by atoms with Crippen molar-refractivity contribution in [2.45, 2.75) is 0 Å². The Morgan fingerprint density at radius 3 is 2.75 bits per heavy atom. The number of amides is 1. The van der Waals surface area contributed by atoms with Gasteiger partial charge in [0.05, 0.1) is 12.1 Å². The van der Waals surface area contributed by atoms with E-state index in [1.807, 2.05) is 0 Å². The molecule has 104 valence electrons. The minimum Gasteiger partial charge on any atom is -0.492 e. The van der Waals surface area contributed by atoms with Crippen molar-refractivity contribution >= 4 is 29.7 Å². The van der Waals surface area contributed by atoms with E-state index in [4.69, 9.17) is 28.6 Å². The number of carbonyl (C=O) groups is 1. The van der Waals surface area contributed by atoms with Crippen LogP contribution in [0.4, 0.5) is 0 Å². The number of halogens is 1. The highest BCUT2D eigenvalue weighted by molar-refractivity contribution is 7.71. The van der Waals surface area contributed by atoms with Gasteiger partial charge in [0, 0.05) is 11.2 Å². The Morgan fingerprint density at radius 1 is 1.30 bits per heavy atom. The second kappa shape index (κ2) is 7.07. The van der Waals surface area contributed by atoms with Gasteiger partial charge in [-0.3, -0.25) is 4.79 Å². The van der Waals surface area contributed by atoms with Gasteiger partial charge in [-0.1, -0.05) is 23.8 Å². The highest BCUT2D eigenvalue weighted by atomic mass is 35.5. The summed E-state index contributed by atoms with van der Waals surface area (Å²) in [5.41, 5.74) is 0.453. The Labute approximate surface area is 126 Å². The van der Waals surface area contributed by atoms with Crippen LogP contribution in [0.2, 0.25) is 5.02 Å². The van der Waals surface area contributed by atoms with Crippen LogP contribution >= 0.6 is 23.8 Å². The average Bonchev–Trinajstić information content (AvgIpc) is 2.46. The maximum Gasteiger partial charge on any atom is 0.254 e. The van der Waals surface area contributed by atoms with Crippen LogP contribution < -0.4 is 10.1 Å². The van der Waals surface area contributed by atoms with Gasteiger partial charge >= 0.3 is 0 Å². The van der Waals surface area contributed by atoms with Gasteiger partial charge in [0.25, 0.3) is 5.91 Å². The molecule has 0 bridgehead atoms. The van der Waals surface area contributed by atoms with Crippen LogP contribution in [0.25, 0.3) is 0 Å². The summed E-state index contributed by atoms with van der Waals surface area (Å²) in [6.45, 7) is 0.766. The van der Waals surface area contributed by atoms with Gasteiger partial charge in [-0.15, -0.1) is 0 Å². The third-order valence-corrected chi connectivity index (χ3v) is 3.12. The lowest BCUT2D eigenvalue weighted by molar-refractivity contribution is 0.0946. The van der Waals surface area contributed by atoms with Gasteiger partial charge in [-0.25, -0.2) is 0 Å². The molecule has 0 aliphatic rings. The number of H-pyrrole nitrogens is 1. The van der Waals surface area contributed by atoms with Gasteiger partial charge in [0.15, 0.2) is 0 Å². The largest absolute Gasteiger partial charge is 0.492 e. The van der Waals surface area contributed by atoms with E-state index in [2.05, 4.69) is 10.3 Å². The first-order valence-corrected chi connectivity index (χ1v) is 6.80. The third kappa shape index (κ3) is 4.08. The molecule has 0 saturated heterocycles. The van der Waals surface area contributed by atoms with Crippen LogP contribution in [0, 0.1) is 4.64 Å². The quantitative estimate of drug-likeness (QED) is 0.659. The maximum atomic E-state index is 11.9. The van der Waals surface area contributed by atoms with Gasteiger partial charge in [0.2, 0.25) is 0 Å².